The van der Waals surface area contributed by atoms with Crippen LogP contribution in [-0.4, -0.2) is 27.5 Å². The van der Waals surface area contributed by atoms with Crippen molar-refractivity contribution in [2.75, 3.05) is 6.54 Å². The second-order valence-electron chi connectivity index (χ2n) is 4.20. The fourth-order valence-corrected chi connectivity index (χ4v) is 2.68. The standard InChI is InChI=1S/C10H14ClN3OS/c1-7-2-3-9(15)14(5-4-7)6-8-12-13-10(11)16-8/h7H,2-6H2,1H3. The minimum Gasteiger partial charge on any atom is -0.336 e. The largest absolute Gasteiger partial charge is 0.336 e. The van der Waals surface area contributed by atoms with Crippen molar-refractivity contribution in [3.63, 3.8) is 0 Å². The molecule has 1 unspecified atom stereocenters. The lowest BCUT2D eigenvalue weighted by Gasteiger charge is -2.18. The van der Waals surface area contributed by atoms with Crippen molar-refractivity contribution in [3.05, 3.63) is 9.47 Å². The zero-order chi connectivity index (χ0) is 11.5. The molecule has 6 heteroatoms. The molecule has 16 heavy (non-hydrogen) atoms. The van der Waals surface area contributed by atoms with Crippen molar-refractivity contribution in [2.45, 2.75) is 32.7 Å². The molecule has 1 atom stereocenters. The zero-order valence-electron chi connectivity index (χ0n) is 9.15. The second-order valence-corrected chi connectivity index (χ2v) is 5.84. The van der Waals surface area contributed by atoms with Gasteiger partial charge in [-0.15, -0.1) is 10.2 Å². The van der Waals surface area contributed by atoms with Crippen LogP contribution in [0.25, 0.3) is 0 Å². The van der Waals surface area contributed by atoms with Gasteiger partial charge in [0.15, 0.2) is 0 Å². The second kappa shape index (κ2) is 5.10. The van der Waals surface area contributed by atoms with Crippen molar-refractivity contribution in [1.29, 1.82) is 0 Å². The Kier molecular flexibility index (Phi) is 3.76. The van der Waals surface area contributed by atoms with E-state index in [1.165, 1.54) is 11.3 Å². The van der Waals surface area contributed by atoms with Crippen molar-refractivity contribution >= 4 is 28.8 Å². The molecule has 1 fully saturated rings. The van der Waals surface area contributed by atoms with Gasteiger partial charge >= 0.3 is 0 Å². The molecule has 0 bridgehead atoms. The van der Waals surface area contributed by atoms with Gasteiger partial charge in [0.2, 0.25) is 10.4 Å². The minimum absolute atomic E-state index is 0.218. The number of aromatic nitrogens is 2. The van der Waals surface area contributed by atoms with Gasteiger partial charge in [0.25, 0.3) is 0 Å². The van der Waals surface area contributed by atoms with Gasteiger partial charge in [-0.2, -0.15) is 0 Å². The first-order valence-corrected chi connectivity index (χ1v) is 6.60. The van der Waals surface area contributed by atoms with E-state index in [1.54, 1.807) is 0 Å². The topological polar surface area (TPSA) is 46.1 Å². The molecule has 4 nitrogen and oxygen atoms in total. The van der Waals surface area contributed by atoms with Crippen LogP contribution in [0.2, 0.25) is 4.47 Å². The van der Waals surface area contributed by atoms with Crippen LogP contribution >= 0.6 is 22.9 Å². The molecule has 2 rings (SSSR count). The third-order valence-corrected chi connectivity index (χ3v) is 3.87. The lowest BCUT2D eigenvalue weighted by molar-refractivity contribution is -0.131. The van der Waals surface area contributed by atoms with Crippen LogP contribution < -0.4 is 0 Å². The van der Waals surface area contributed by atoms with Crippen molar-refractivity contribution in [2.24, 2.45) is 5.92 Å². The number of hydrogen-bond acceptors (Lipinski definition) is 4. The summed E-state index contributed by atoms with van der Waals surface area (Å²) in [5, 5.41) is 8.49. The molecule has 1 aliphatic heterocycles. The Morgan fingerprint density at radius 2 is 2.31 bits per heavy atom. The van der Waals surface area contributed by atoms with Crippen LogP contribution in [-0.2, 0) is 11.3 Å². The fourth-order valence-electron chi connectivity index (χ4n) is 1.80. The third-order valence-electron chi connectivity index (χ3n) is 2.86. The molecule has 0 spiro atoms. The van der Waals surface area contributed by atoms with E-state index in [9.17, 15) is 4.79 Å². The maximum absolute atomic E-state index is 11.8. The maximum Gasteiger partial charge on any atom is 0.222 e. The van der Waals surface area contributed by atoms with Gasteiger partial charge in [-0.1, -0.05) is 18.3 Å². The van der Waals surface area contributed by atoms with Crippen LogP contribution in [0.3, 0.4) is 0 Å². The first kappa shape index (κ1) is 11.8. The molecular formula is C10H14ClN3OS. The van der Waals surface area contributed by atoms with E-state index in [2.05, 4.69) is 17.1 Å². The molecule has 1 aromatic heterocycles. The van der Waals surface area contributed by atoms with Crippen LogP contribution in [0.4, 0.5) is 0 Å². The van der Waals surface area contributed by atoms with E-state index >= 15 is 0 Å². The van der Waals surface area contributed by atoms with Gasteiger partial charge < -0.3 is 4.90 Å². The van der Waals surface area contributed by atoms with Crippen LogP contribution in [0.15, 0.2) is 0 Å². The summed E-state index contributed by atoms with van der Waals surface area (Å²) in [5.74, 6) is 0.850. The number of rotatable bonds is 2. The fraction of sp³-hybridized carbons (Fsp3) is 0.700. The van der Waals surface area contributed by atoms with Crippen LogP contribution in [0.5, 0.6) is 0 Å². The number of carbonyl (C=O) groups excluding carboxylic acids is 1. The van der Waals surface area contributed by atoms with E-state index in [0.717, 1.165) is 24.4 Å². The summed E-state index contributed by atoms with van der Waals surface area (Å²) < 4.78 is 0.436. The average Bonchev–Trinajstić information content (AvgIpc) is 2.59. The number of nitrogens with zero attached hydrogens (tertiary/aromatic N) is 3. The number of hydrogen-bond donors (Lipinski definition) is 0. The summed E-state index contributed by atoms with van der Waals surface area (Å²) in [5.41, 5.74) is 0. The normalized spacial score (nSPS) is 22.2. The van der Waals surface area contributed by atoms with Gasteiger partial charge in [-0.3, -0.25) is 4.79 Å². The summed E-state index contributed by atoms with van der Waals surface area (Å²) in [6, 6.07) is 0. The highest BCUT2D eigenvalue weighted by Crippen LogP contribution is 2.21. The molecule has 1 aromatic rings. The summed E-state index contributed by atoms with van der Waals surface area (Å²) in [7, 11) is 0. The van der Waals surface area contributed by atoms with Gasteiger partial charge in [0, 0.05) is 13.0 Å². The number of halogens is 1. The molecular weight excluding hydrogens is 246 g/mol. The quantitative estimate of drug-likeness (QED) is 0.819. The van der Waals surface area contributed by atoms with E-state index in [-0.39, 0.29) is 5.91 Å². The van der Waals surface area contributed by atoms with Crippen molar-refractivity contribution in [1.82, 2.24) is 15.1 Å². The van der Waals surface area contributed by atoms with Gasteiger partial charge in [-0.25, -0.2) is 0 Å². The van der Waals surface area contributed by atoms with Gasteiger partial charge in [-0.05, 0) is 30.4 Å². The van der Waals surface area contributed by atoms with E-state index in [0.29, 0.717) is 23.4 Å². The van der Waals surface area contributed by atoms with E-state index in [4.69, 9.17) is 11.6 Å². The Morgan fingerprint density at radius 3 is 3.00 bits per heavy atom. The highest BCUT2D eigenvalue weighted by Gasteiger charge is 2.21. The van der Waals surface area contributed by atoms with E-state index < -0.39 is 0 Å². The molecule has 1 saturated heterocycles. The Balaban J connectivity index is 2.00. The first-order valence-electron chi connectivity index (χ1n) is 5.41. The zero-order valence-corrected chi connectivity index (χ0v) is 10.7. The monoisotopic (exact) mass is 259 g/mol. The number of carbonyl (C=O) groups is 1. The SMILES string of the molecule is CC1CCC(=O)N(Cc2nnc(Cl)s2)CC1. The Hall–Kier alpha value is -0.680. The molecule has 0 aromatic carbocycles. The Morgan fingerprint density at radius 1 is 1.50 bits per heavy atom. The molecule has 0 radical (unpaired) electrons. The van der Waals surface area contributed by atoms with E-state index in [1.807, 2.05) is 4.90 Å². The number of likely N-dealkylation sites (tertiary alicyclic amines) is 1. The first-order chi connectivity index (χ1) is 7.65. The predicted molar refractivity (Wildman–Crippen MR) is 63.4 cm³/mol. The summed E-state index contributed by atoms with van der Waals surface area (Å²) in [4.78, 5) is 13.7. The highest BCUT2D eigenvalue weighted by atomic mass is 35.5. The summed E-state index contributed by atoms with van der Waals surface area (Å²) in [6.45, 7) is 3.56. The summed E-state index contributed by atoms with van der Waals surface area (Å²) >= 11 is 7.05. The van der Waals surface area contributed by atoms with Gasteiger partial charge in [0.1, 0.15) is 5.01 Å². The summed E-state index contributed by atoms with van der Waals surface area (Å²) in [6.07, 6.45) is 2.71. The molecule has 0 aliphatic carbocycles. The third kappa shape index (κ3) is 2.92. The molecule has 1 amide bonds. The lowest BCUT2D eigenvalue weighted by atomic mass is 10.0. The Labute approximate surface area is 104 Å². The Bertz CT molecular complexity index is 382. The molecule has 1 aliphatic rings. The molecule has 0 saturated carbocycles. The minimum atomic E-state index is 0.218. The predicted octanol–water partition coefficient (Wildman–Crippen LogP) is 2.34. The molecule has 2 heterocycles. The van der Waals surface area contributed by atoms with Crippen molar-refractivity contribution < 1.29 is 4.79 Å². The van der Waals surface area contributed by atoms with Crippen molar-refractivity contribution in [3.8, 4) is 0 Å². The van der Waals surface area contributed by atoms with Crippen LogP contribution in [0, 0.1) is 5.92 Å². The molecule has 88 valence electrons. The smallest absolute Gasteiger partial charge is 0.222 e. The van der Waals surface area contributed by atoms with Gasteiger partial charge in [0.05, 0.1) is 6.54 Å². The number of amides is 1. The maximum atomic E-state index is 11.8. The van der Waals surface area contributed by atoms with Crippen LogP contribution in [0.1, 0.15) is 31.2 Å². The molecule has 0 N–H and O–H groups in total. The lowest BCUT2D eigenvalue weighted by Crippen LogP contribution is -2.29. The highest BCUT2D eigenvalue weighted by molar-refractivity contribution is 7.15. The average molecular weight is 260 g/mol.